The molecule has 4 nitrogen and oxygen atoms in total. The van der Waals surface area contributed by atoms with E-state index in [-0.39, 0.29) is 5.92 Å². The van der Waals surface area contributed by atoms with Crippen molar-refractivity contribution in [1.82, 2.24) is 5.32 Å². The molecule has 0 aliphatic carbocycles. The number of nitrogens with one attached hydrogen (secondary N) is 1. The largest absolute Gasteiger partial charge is 0.486 e. The van der Waals surface area contributed by atoms with Gasteiger partial charge in [0.2, 0.25) is 0 Å². The highest BCUT2D eigenvalue weighted by Crippen LogP contribution is 2.46. The highest BCUT2D eigenvalue weighted by molar-refractivity contribution is 9.10. The van der Waals surface area contributed by atoms with Crippen LogP contribution in [0.2, 0.25) is 0 Å². The second-order valence-electron chi connectivity index (χ2n) is 4.94. The first-order valence-corrected chi connectivity index (χ1v) is 7.30. The number of rotatable bonds is 4. The Morgan fingerprint density at radius 1 is 1.32 bits per heavy atom. The molecule has 1 heterocycles. The van der Waals surface area contributed by atoms with Gasteiger partial charge in [0, 0.05) is 12.1 Å². The number of fused-ring (bicyclic) bond motifs is 1. The van der Waals surface area contributed by atoms with Crippen LogP contribution in [0.15, 0.2) is 10.5 Å². The monoisotopic (exact) mass is 329 g/mol. The summed E-state index contributed by atoms with van der Waals surface area (Å²) in [5.41, 5.74) is 1.92. The summed E-state index contributed by atoms with van der Waals surface area (Å²) in [4.78, 5) is 0. The molecule has 2 N–H and O–H groups in total. The zero-order chi connectivity index (χ0) is 14.0. The highest BCUT2D eigenvalue weighted by atomic mass is 79.9. The molecule has 1 aliphatic heterocycles. The van der Waals surface area contributed by atoms with Gasteiger partial charge in [0.15, 0.2) is 11.5 Å². The molecule has 1 aliphatic rings. The number of halogens is 1. The number of likely N-dealkylation sites (N-methyl/N-ethyl adjacent to an activating group) is 1. The Hall–Kier alpha value is -0.780. The molecule has 0 fully saturated rings. The summed E-state index contributed by atoms with van der Waals surface area (Å²) in [5.74, 6) is 1.76. The molecule has 2 rings (SSSR count). The quantitative estimate of drug-likeness (QED) is 0.891. The fourth-order valence-corrected chi connectivity index (χ4v) is 2.92. The van der Waals surface area contributed by atoms with Crippen molar-refractivity contribution in [2.75, 3.05) is 26.8 Å². The van der Waals surface area contributed by atoms with E-state index in [1.165, 1.54) is 0 Å². The third-order valence-electron chi connectivity index (χ3n) is 3.17. The number of aliphatic hydroxyl groups excluding tert-OH is 1. The van der Waals surface area contributed by atoms with Gasteiger partial charge in [0.05, 0.1) is 10.6 Å². The Kier molecular flexibility index (Phi) is 4.71. The van der Waals surface area contributed by atoms with Crippen LogP contribution in [0.5, 0.6) is 11.5 Å². The van der Waals surface area contributed by atoms with Gasteiger partial charge in [-0.15, -0.1) is 0 Å². The van der Waals surface area contributed by atoms with Crippen LogP contribution in [-0.4, -0.2) is 31.9 Å². The molecule has 19 heavy (non-hydrogen) atoms. The lowest BCUT2D eigenvalue weighted by Crippen LogP contribution is -2.22. The number of ether oxygens (including phenoxy) is 2. The van der Waals surface area contributed by atoms with Gasteiger partial charge < -0.3 is 19.9 Å². The van der Waals surface area contributed by atoms with Gasteiger partial charge in [0.25, 0.3) is 0 Å². The summed E-state index contributed by atoms with van der Waals surface area (Å²) in [6.45, 7) is 5.80. The van der Waals surface area contributed by atoms with Crippen LogP contribution in [0.4, 0.5) is 0 Å². The van der Waals surface area contributed by atoms with Crippen molar-refractivity contribution < 1.29 is 14.6 Å². The molecular formula is C14H20BrNO3. The molecule has 1 aromatic carbocycles. The Morgan fingerprint density at radius 3 is 2.53 bits per heavy atom. The minimum Gasteiger partial charge on any atom is -0.486 e. The minimum absolute atomic E-state index is 0.255. The molecule has 0 saturated carbocycles. The normalized spacial score (nSPS) is 15.7. The predicted molar refractivity (Wildman–Crippen MR) is 78.1 cm³/mol. The van der Waals surface area contributed by atoms with Gasteiger partial charge in [-0.05, 0) is 40.5 Å². The summed E-state index contributed by atoms with van der Waals surface area (Å²) >= 11 is 3.50. The second-order valence-corrected chi connectivity index (χ2v) is 5.80. The Bertz CT molecular complexity index is 462. The van der Waals surface area contributed by atoms with E-state index in [1.54, 1.807) is 0 Å². The standard InChI is InChI=1S/C14H20BrNO3/c1-8(2)12-9(11(17)7-16-3)6-10(15)13-14(12)19-5-4-18-13/h6,8,11,16-17H,4-5,7H2,1-3H3. The van der Waals surface area contributed by atoms with E-state index in [0.29, 0.717) is 19.8 Å². The number of benzene rings is 1. The van der Waals surface area contributed by atoms with Crippen LogP contribution in [-0.2, 0) is 0 Å². The topological polar surface area (TPSA) is 50.7 Å². The SMILES string of the molecule is CNCC(O)c1cc(Br)c2c(c1C(C)C)OCCO2. The fourth-order valence-electron chi connectivity index (χ4n) is 2.38. The molecule has 106 valence electrons. The Balaban J connectivity index is 2.56. The molecule has 0 amide bonds. The number of aliphatic hydroxyl groups is 1. The summed E-state index contributed by atoms with van der Waals surface area (Å²) < 4.78 is 12.3. The van der Waals surface area contributed by atoms with E-state index in [4.69, 9.17) is 9.47 Å². The number of hydrogen-bond acceptors (Lipinski definition) is 4. The van der Waals surface area contributed by atoms with Crippen LogP contribution < -0.4 is 14.8 Å². The van der Waals surface area contributed by atoms with Gasteiger partial charge in [0.1, 0.15) is 13.2 Å². The van der Waals surface area contributed by atoms with Crippen LogP contribution in [0, 0.1) is 0 Å². The predicted octanol–water partition coefficient (Wildman–Crippen LogP) is 2.60. The molecule has 1 atom stereocenters. The van der Waals surface area contributed by atoms with Crippen LogP contribution in [0.1, 0.15) is 37.0 Å². The van der Waals surface area contributed by atoms with Gasteiger partial charge in [-0.25, -0.2) is 0 Å². The fraction of sp³-hybridized carbons (Fsp3) is 0.571. The van der Waals surface area contributed by atoms with Crippen LogP contribution in [0.25, 0.3) is 0 Å². The lowest BCUT2D eigenvalue weighted by molar-refractivity contribution is 0.160. The molecule has 0 radical (unpaired) electrons. The maximum atomic E-state index is 10.3. The van der Waals surface area contributed by atoms with E-state index >= 15 is 0 Å². The number of hydrogen-bond donors (Lipinski definition) is 2. The molecular weight excluding hydrogens is 310 g/mol. The van der Waals surface area contributed by atoms with Gasteiger partial charge >= 0.3 is 0 Å². The summed E-state index contributed by atoms with van der Waals surface area (Å²) in [6.07, 6.45) is -0.561. The van der Waals surface area contributed by atoms with Crippen molar-refractivity contribution in [3.8, 4) is 11.5 Å². The summed E-state index contributed by atoms with van der Waals surface area (Å²) in [5, 5.41) is 13.3. The maximum Gasteiger partial charge on any atom is 0.175 e. The highest BCUT2D eigenvalue weighted by Gasteiger charge is 2.26. The van der Waals surface area contributed by atoms with Crippen LogP contribution in [0.3, 0.4) is 0 Å². The molecule has 0 bridgehead atoms. The Morgan fingerprint density at radius 2 is 1.95 bits per heavy atom. The third-order valence-corrected chi connectivity index (χ3v) is 3.76. The first-order chi connectivity index (χ1) is 9.06. The van der Waals surface area contributed by atoms with Crippen molar-refractivity contribution in [1.29, 1.82) is 0 Å². The van der Waals surface area contributed by atoms with Gasteiger partial charge in [-0.3, -0.25) is 0 Å². The lowest BCUT2D eigenvalue weighted by atomic mass is 9.92. The van der Waals surface area contributed by atoms with E-state index in [1.807, 2.05) is 13.1 Å². The second kappa shape index (κ2) is 6.11. The first kappa shape index (κ1) is 14.6. The van der Waals surface area contributed by atoms with E-state index in [2.05, 4.69) is 35.1 Å². The van der Waals surface area contributed by atoms with Gasteiger partial charge in [-0.2, -0.15) is 0 Å². The minimum atomic E-state index is -0.561. The van der Waals surface area contributed by atoms with Crippen molar-refractivity contribution in [3.05, 3.63) is 21.7 Å². The maximum absolute atomic E-state index is 10.3. The smallest absolute Gasteiger partial charge is 0.175 e. The molecule has 0 spiro atoms. The average molecular weight is 330 g/mol. The molecule has 1 aromatic rings. The molecule has 0 saturated heterocycles. The first-order valence-electron chi connectivity index (χ1n) is 6.50. The average Bonchev–Trinajstić information content (AvgIpc) is 2.38. The van der Waals surface area contributed by atoms with Crippen molar-refractivity contribution >= 4 is 15.9 Å². The lowest BCUT2D eigenvalue weighted by Gasteiger charge is -2.27. The van der Waals surface area contributed by atoms with Gasteiger partial charge in [-0.1, -0.05) is 13.8 Å². The molecule has 0 aromatic heterocycles. The van der Waals surface area contributed by atoms with E-state index in [0.717, 1.165) is 27.1 Å². The van der Waals surface area contributed by atoms with Crippen molar-refractivity contribution in [3.63, 3.8) is 0 Å². The van der Waals surface area contributed by atoms with Crippen molar-refractivity contribution in [2.45, 2.75) is 25.9 Å². The zero-order valence-electron chi connectivity index (χ0n) is 11.5. The Labute approximate surface area is 122 Å². The van der Waals surface area contributed by atoms with Crippen molar-refractivity contribution in [2.24, 2.45) is 0 Å². The van der Waals surface area contributed by atoms with Crippen LogP contribution >= 0.6 is 15.9 Å². The molecule has 1 unspecified atom stereocenters. The summed E-state index contributed by atoms with van der Waals surface area (Å²) in [7, 11) is 1.82. The summed E-state index contributed by atoms with van der Waals surface area (Å²) in [6, 6.07) is 1.94. The molecule has 5 heteroatoms. The third kappa shape index (κ3) is 2.88. The van der Waals surface area contributed by atoms with E-state index in [9.17, 15) is 5.11 Å². The van der Waals surface area contributed by atoms with E-state index < -0.39 is 6.10 Å². The zero-order valence-corrected chi connectivity index (χ0v) is 13.1.